The van der Waals surface area contributed by atoms with Gasteiger partial charge in [0.15, 0.2) is 23.1 Å². The van der Waals surface area contributed by atoms with Crippen LogP contribution in [0.5, 0.6) is 5.75 Å². The fourth-order valence-electron chi connectivity index (χ4n) is 26.5. The number of aryl methyl sites for hydroxylation is 8. The minimum Gasteiger partial charge on any atom is -0.495 e. The zero-order valence-corrected chi connectivity index (χ0v) is 86.8. The number of carbonyl (C=O) groups is 6. The highest BCUT2D eigenvalue weighted by Gasteiger charge is 2.49. The van der Waals surface area contributed by atoms with E-state index in [-0.39, 0.29) is 66.6 Å². The molecule has 13 heterocycles. The number of hydrogen-bond acceptors (Lipinski definition) is 17. The molecule has 5 aliphatic carbocycles. The number of ether oxygens (including phenoxy) is 1. The number of carbonyl (C=O) groups excluding carboxylic acids is 6. The van der Waals surface area contributed by atoms with Crippen molar-refractivity contribution in [3.8, 4) is 30.0 Å². The number of amides is 2. The summed E-state index contributed by atoms with van der Waals surface area (Å²) >= 11 is 0. The smallest absolute Gasteiger partial charge is 0.225 e. The average Bonchev–Trinajstić information content (AvgIpc) is 1.60. The number of rotatable bonds is 24. The third-order valence-corrected chi connectivity index (χ3v) is 34.2. The van der Waals surface area contributed by atoms with Gasteiger partial charge in [-0.15, -0.1) is 0 Å². The van der Waals surface area contributed by atoms with E-state index in [4.69, 9.17) is 29.9 Å². The Kier molecular flexibility index (Phi) is 30.1. The van der Waals surface area contributed by atoms with Gasteiger partial charge < -0.3 is 42.6 Å². The molecule has 9 atom stereocenters. The number of fused-ring (bicyclic) bond motifs is 11. The molecular weight excluding hydrogens is 1800 g/mol. The van der Waals surface area contributed by atoms with Gasteiger partial charge in [0, 0.05) is 222 Å². The van der Waals surface area contributed by atoms with E-state index in [0.717, 1.165) is 176 Å². The predicted octanol–water partition coefficient (Wildman–Crippen LogP) is 22.5. The normalized spacial score (nSPS) is 20.7. The van der Waals surface area contributed by atoms with Crippen LogP contribution in [-0.2, 0) is 63.5 Å². The average molecular weight is 1940 g/mol. The number of ketones is 4. The number of pyridine rings is 4. The molecule has 23 heteroatoms. The van der Waals surface area contributed by atoms with E-state index < -0.39 is 0 Å². The zero-order chi connectivity index (χ0) is 102. The lowest BCUT2D eigenvalue weighted by Crippen LogP contribution is -2.54. The maximum Gasteiger partial charge on any atom is 0.225 e. The Balaban J connectivity index is 0.000000127. The van der Waals surface area contributed by atoms with Crippen molar-refractivity contribution < 1.29 is 33.5 Å². The largest absolute Gasteiger partial charge is 0.495 e. The molecule has 5 aliphatic heterocycles. The van der Waals surface area contributed by atoms with Gasteiger partial charge >= 0.3 is 0 Å². The zero-order valence-electron chi connectivity index (χ0n) is 86.8. The third-order valence-electron chi connectivity index (χ3n) is 34.2. The number of Topliss-reactive ketones (excluding diaryl/α,β-unsaturated/α-hetero) is 4. The van der Waals surface area contributed by atoms with Crippen molar-refractivity contribution in [2.24, 2.45) is 81.5 Å². The summed E-state index contributed by atoms with van der Waals surface area (Å²) in [6, 6.07) is 34.6. The summed E-state index contributed by atoms with van der Waals surface area (Å²) in [5, 5.41) is 41.7. The van der Waals surface area contributed by atoms with Crippen LogP contribution in [0, 0.1) is 126 Å². The van der Waals surface area contributed by atoms with E-state index in [1.54, 1.807) is 91.0 Å². The van der Waals surface area contributed by atoms with Crippen LogP contribution in [0.25, 0.3) is 44.1 Å². The van der Waals surface area contributed by atoms with Gasteiger partial charge in [-0.2, -0.15) is 21.0 Å². The number of likely N-dealkylation sites (tertiary alicyclic amines) is 3. The van der Waals surface area contributed by atoms with Crippen molar-refractivity contribution in [3.05, 3.63) is 276 Å². The van der Waals surface area contributed by atoms with Gasteiger partial charge in [-0.1, -0.05) is 103 Å². The lowest BCUT2D eigenvalue weighted by molar-refractivity contribution is -0.143. The van der Waals surface area contributed by atoms with Crippen molar-refractivity contribution in [1.29, 1.82) is 21.0 Å². The summed E-state index contributed by atoms with van der Waals surface area (Å²) in [6.45, 7) is 32.6. The molecular formula is C122H138N16O7. The summed E-state index contributed by atoms with van der Waals surface area (Å²) in [4.78, 5) is 107. The molecule has 10 fully saturated rings. The Morgan fingerprint density at radius 1 is 0.428 bits per heavy atom. The van der Waals surface area contributed by atoms with Crippen molar-refractivity contribution in [1.82, 2.24) is 57.8 Å². The second-order valence-electron chi connectivity index (χ2n) is 44.0. The van der Waals surface area contributed by atoms with Crippen molar-refractivity contribution in [2.45, 2.75) is 226 Å². The van der Waals surface area contributed by atoms with Gasteiger partial charge in [0.25, 0.3) is 0 Å². The van der Waals surface area contributed by atoms with E-state index in [1.165, 1.54) is 115 Å². The molecule has 23 nitrogen and oxygen atoms in total. The second kappa shape index (κ2) is 43.2. The molecule has 22 rings (SSSR count). The van der Waals surface area contributed by atoms with Crippen molar-refractivity contribution in [3.63, 3.8) is 0 Å². The monoisotopic (exact) mass is 1940 g/mol. The van der Waals surface area contributed by atoms with E-state index in [0.29, 0.717) is 127 Å². The number of hydrogen-bond donors (Lipinski definition) is 0. The molecule has 10 aliphatic rings. The molecule has 8 aromatic heterocycles. The Bertz CT molecular complexity index is 7220. The number of benzene rings is 4. The van der Waals surface area contributed by atoms with Crippen LogP contribution in [0.1, 0.15) is 297 Å². The molecule has 145 heavy (non-hydrogen) atoms. The van der Waals surface area contributed by atoms with Gasteiger partial charge in [-0.3, -0.25) is 28.8 Å². The second-order valence-corrected chi connectivity index (χ2v) is 44.0. The fourth-order valence-corrected chi connectivity index (χ4v) is 26.5. The van der Waals surface area contributed by atoms with E-state index >= 15 is 0 Å². The lowest BCUT2D eigenvalue weighted by Gasteiger charge is -2.50. The first-order valence-corrected chi connectivity index (χ1v) is 52.8. The Hall–Kier alpha value is -13.9. The standard InChI is InChI=1S/C33H38N4O2.C31H34N4O2.C29H32N4O2.C29H34N4O/c1-20-27(14-29(38)23-11-12-30(39-4)26(13-23)15-34)16-35-33-31(20)28(19-36(33)3)32-24-9-10-25(32)18-37(17-24)21(2)22-7-5-6-8-22;1-19-24(13-28(36)22-9-5-6-20(12-22)15-32)16-33-30-29(19)27(18-34(30)2)26-14-25-11-10-23(26)17-35(25)31(37)21-7-3-4-8-21;1-17(2)29(35)33-14-21-8-9-22(15-33)27(21)24-16-32(4)28-26(24)18(3)23(13-31-28)11-25(34)20-7-5-6-19(10-20)12-30;1-19(2)13-20(3)33-11-9-23(10-12-33)26-18-32(5)29-28(26)21(4)25(17-31-29)15-27(34)24-8-6-7-22(14-24)16-30/h11-13,16,19,22,24-25,32H,2,5-10,14,17-18H2,1,3-4H3;5-6,9,12,16,18,21,23,25-26H,3-4,7-8,10-11,13-14,17H2,1-2H3;5-7,10,13,16-17,21-22,27H,8-9,11,14-15H2,1-4H3;6-8,14,17-19,23H,3,9-13,15H2,1-2,4-5H3/t24-,25+,32?;23-,25-,26-;21-,22+,27?;/m.1../s1. The molecule has 2 amide bonds. The lowest BCUT2D eigenvalue weighted by atomic mass is 9.68. The summed E-state index contributed by atoms with van der Waals surface area (Å²) in [6.07, 6.45) is 38.6. The van der Waals surface area contributed by atoms with Gasteiger partial charge in [-0.25, -0.2) is 19.9 Å². The number of nitrogens with zero attached hydrogens (tertiary/aromatic N) is 16. The fraction of sp³-hybridized carbons (Fsp3) is 0.459. The number of methoxy groups -OCH3 is 1. The molecule has 0 radical (unpaired) electrons. The third kappa shape index (κ3) is 20.6. The van der Waals surface area contributed by atoms with Gasteiger partial charge in [0.05, 0.1) is 47.6 Å². The van der Waals surface area contributed by atoms with E-state index in [9.17, 15) is 44.6 Å². The number of aromatic nitrogens is 8. The summed E-state index contributed by atoms with van der Waals surface area (Å²) in [7, 11) is 9.75. The van der Waals surface area contributed by atoms with Crippen LogP contribution in [0.2, 0.25) is 0 Å². The van der Waals surface area contributed by atoms with Crippen LogP contribution in [0.3, 0.4) is 0 Å². The summed E-state index contributed by atoms with van der Waals surface area (Å²) < 4.78 is 13.7. The number of allylic oxidation sites excluding steroid dienone is 2. The molecule has 6 bridgehead atoms. The Morgan fingerprint density at radius 2 is 0.807 bits per heavy atom. The molecule has 5 saturated heterocycles. The molecule has 4 aromatic carbocycles. The van der Waals surface area contributed by atoms with Gasteiger partial charge in [0.1, 0.15) is 34.4 Å². The molecule has 0 N–H and O–H groups in total. The Labute approximate surface area is 853 Å². The van der Waals surface area contributed by atoms with E-state index in [1.807, 2.05) is 52.7 Å². The highest BCUT2D eigenvalue weighted by Crippen LogP contribution is 2.55. The summed E-state index contributed by atoms with van der Waals surface area (Å²) in [5.74, 6) is 7.17. The molecule has 5 saturated carbocycles. The predicted molar refractivity (Wildman–Crippen MR) is 567 cm³/mol. The first kappa shape index (κ1) is 101. The van der Waals surface area contributed by atoms with Crippen LogP contribution < -0.4 is 4.74 Å². The topological polar surface area (TPSA) is 291 Å². The minimum atomic E-state index is -0.0188. The van der Waals surface area contributed by atoms with Crippen LogP contribution in [0.4, 0.5) is 0 Å². The first-order valence-electron chi connectivity index (χ1n) is 52.8. The summed E-state index contributed by atoms with van der Waals surface area (Å²) in [5.41, 5.74) is 24.2. The van der Waals surface area contributed by atoms with E-state index in [2.05, 4.69) is 156 Å². The Morgan fingerprint density at radius 3 is 1.19 bits per heavy atom. The van der Waals surface area contributed by atoms with Gasteiger partial charge in [-0.05, 0) is 304 Å². The molecule has 0 spiro atoms. The first-order chi connectivity index (χ1) is 69.9. The van der Waals surface area contributed by atoms with Crippen molar-refractivity contribution in [2.75, 3.05) is 52.9 Å². The number of piperidine rings is 5. The highest BCUT2D eigenvalue weighted by atomic mass is 16.5. The molecule has 2 unspecified atom stereocenters. The van der Waals surface area contributed by atoms with Gasteiger partial charge in [0.2, 0.25) is 11.8 Å². The maximum absolute atomic E-state index is 13.3. The number of nitriles is 4. The highest BCUT2D eigenvalue weighted by molar-refractivity contribution is 6.02. The molecule has 12 aromatic rings. The molecule has 748 valence electrons. The maximum atomic E-state index is 13.3. The van der Waals surface area contributed by atoms with Crippen LogP contribution >= 0.6 is 0 Å². The minimum absolute atomic E-state index is 0.00313. The van der Waals surface area contributed by atoms with Crippen LogP contribution in [-0.4, -0.2) is 152 Å². The van der Waals surface area contributed by atoms with Crippen molar-refractivity contribution >= 4 is 79.1 Å². The van der Waals surface area contributed by atoms with Crippen LogP contribution in [0.15, 0.2) is 165 Å². The SMILES string of the molecule is C=C(C1CCCC1)N1C[C@H]2CC[C@@H](C1)C2c1cn(C)c2ncc(CC(=O)c3ccc(OC)c(C#N)c3)c(C)c12.C=C(CC(C)C)N1CCC(c2cn(C)c3ncc(CC(=O)c4cccc(C#N)c4)c(C)c23)CC1.Cc1c(CC(=O)c2cccc(C#N)c2)cnc2c1c(C1[C@@H]3CC[C@H]1CN(C(=O)C(C)C)C3)cn2C.Cc1c(CC(=O)c2cccc(C#N)c2)cnc2c1c([C@@H]1C[C@H]3CC[C@@H]1CN3C(=O)C1CCCC1)cn2C. The quantitative estimate of drug-likeness (QED) is 0.0508.